The number of aliphatic hydroxyl groups is 2. The monoisotopic (exact) mass is 206 g/mol. The lowest BCUT2D eigenvalue weighted by Crippen LogP contribution is -2.45. The molecular weight excluding hydrogens is 192 g/mol. The number of Topliss-reactive ketones (excluding diaryl/α,β-unsaturated/α-hetero) is 1. The average molecular weight is 206 g/mol. The number of carbonyl (C=O) groups is 1. The van der Waals surface area contributed by atoms with E-state index in [1.165, 1.54) is 5.56 Å². The van der Waals surface area contributed by atoms with Gasteiger partial charge in [-0.3, -0.25) is 4.79 Å². The van der Waals surface area contributed by atoms with Gasteiger partial charge in [-0.15, -0.1) is 0 Å². The first-order valence-corrected chi connectivity index (χ1v) is 5.09. The summed E-state index contributed by atoms with van der Waals surface area (Å²) in [6.07, 6.45) is 1.42. The van der Waals surface area contributed by atoms with E-state index in [1.54, 1.807) is 0 Å². The van der Waals surface area contributed by atoms with E-state index in [4.69, 9.17) is 5.11 Å². The highest BCUT2D eigenvalue weighted by Gasteiger charge is 2.38. The van der Waals surface area contributed by atoms with Crippen LogP contribution in [0.15, 0.2) is 24.3 Å². The summed E-state index contributed by atoms with van der Waals surface area (Å²) in [5, 5.41) is 18.9. The van der Waals surface area contributed by atoms with Crippen LogP contribution in [-0.2, 0) is 17.6 Å². The number of ketones is 1. The fraction of sp³-hybridized carbons (Fsp3) is 0.417. The quantitative estimate of drug-likeness (QED) is 0.739. The van der Waals surface area contributed by atoms with E-state index in [0.717, 1.165) is 5.56 Å². The van der Waals surface area contributed by atoms with Crippen molar-refractivity contribution in [2.75, 3.05) is 6.61 Å². The molecule has 2 rings (SSSR count). The zero-order chi connectivity index (χ0) is 10.9. The summed E-state index contributed by atoms with van der Waals surface area (Å²) in [6.45, 7) is -0.585. The molecule has 3 nitrogen and oxygen atoms in total. The Morgan fingerprint density at radius 2 is 2.00 bits per heavy atom. The molecule has 1 unspecified atom stereocenters. The van der Waals surface area contributed by atoms with Crippen molar-refractivity contribution < 1.29 is 15.0 Å². The lowest BCUT2D eigenvalue weighted by molar-refractivity contribution is -0.141. The van der Waals surface area contributed by atoms with E-state index >= 15 is 0 Å². The number of fused-ring (bicyclic) bond motifs is 1. The van der Waals surface area contributed by atoms with Crippen LogP contribution in [0.3, 0.4) is 0 Å². The van der Waals surface area contributed by atoms with Crippen LogP contribution in [0, 0.1) is 0 Å². The molecule has 1 aromatic carbocycles. The second-order valence-electron chi connectivity index (χ2n) is 4.06. The van der Waals surface area contributed by atoms with Gasteiger partial charge in [0.2, 0.25) is 0 Å². The fourth-order valence-electron chi connectivity index (χ4n) is 2.10. The summed E-state index contributed by atoms with van der Waals surface area (Å²) >= 11 is 0. The Hall–Kier alpha value is -1.19. The van der Waals surface area contributed by atoms with Crippen molar-refractivity contribution in [2.24, 2.45) is 0 Å². The Balaban J connectivity index is 2.28. The van der Waals surface area contributed by atoms with E-state index < -0.39 is 18.0 Å². The highest BCUT2D eigenvalue weighted by Crippen LogP contribution is 2.29. The van der Waals surface area contributed by atoms with Crippen LogP contribution in [-0.4, -0.2) is 28.2 Å². The molecule has 0 saturated heterocycles. The van der Waals surface area contributed by atoms with Crippen molar-refractivity contribution in [3.05, 3.63) is 35.4 Å². The van der Waals surface area contributed by atoms with Crippen LogP contribution in [0.4, 0.5) is 0 Å². The van der Waals surface area contributed by atoms with Gasteiger partial charge in [0.15, 0.2) is 5.78 Å². The number of hydrogen-bond acceptors (Lipinski definition) is 3. The summed E-state index contributed by atoms with van der Waals surface area (Å²) in [6, 6.07) is 7.79. The second-order valence-corrected chi connectivity index (χ2v) is 4.06. The van der Waals surface area contributed by atoms with Crippen molar-refractivity contribution in [3.63, 3.8) is 0 Å². The van der Waals surface area contributed by atoms with Crippen LogP contribution >= 0.6 is 0 Å². The van der Waals surface area contributed by atoms with Crippen LogP contribution in [0.5, 0.6) is 0 Å². The first-order chi connectivity index (χ1) is 7.15. The molecule has 0 heterocycles. The van der Waals surface area contributed by atoms with Gasteiger partial charge in [0.1, 0.15) is 12.2 Å². The third kappa shape index (κ3) is 1.80. The van der Waals surface area contributed by atoms with Gasteiger partial charge in [-0.2, -0.15) is 0 Å². The maximum absolute atomic E-state index is 11.4. The van der Waals surface area contributed by atoms with Gasteiger partial charge in [-0.1, -0.05) is 24.3 Å². The molecule has 3 heteroatoms. The van der Waals surface area contributed by atoms with Crippen LogP contribution in [0.1, 0.15) is 17.5 Å². The molecule has 1 aliphatic carbocycles. The van der Waals surface area contributed by atoms with Crippen molar-refractivity contribution in [1.29, 1.82) is 0 Å². The predicted octanol–water partition coefficient (Wildman–Crippen LogP) is 0.468. The van der Waals surface area contributed by atoms with E-state index in [-0.39, 0.29) is 0 Å². The number of benzene rings is 1. The van der Waals surface area contributed by atoms with Crippen molar-refractivity contribution in [1.82, 2.24) is 0 Å². The fourth-order valence-corrected chi connectivity index (χ4v) is 2.10. The Morgan fingerprint density at radius 3 is 2.67 bits per heavy atom. The molecule has 80 valence electrons. The van der Waals surface area contributed by atoms with E-state index in [0.29, 0.717) is 19.3 Å². The molecule has 0 spiro atoms. The molecule has 0 saturated carbocycles. The minimum atomic E-state index is -1.36. The first-order valence-electron chi connectivity index (χ1n) is 5.09. The van der Waals surface area contributed by atoms with Crippen molar-refractivity contribution >= 4 is 5.78 Å². The third-order valence-corrected chi connectivity index (χ3v) is 3.07. The topological polar surface area (TPSA) is 57.5 Å². The lowest BCUT2D eigenvalue weighted by atomic mass is 9.78. The molecule has 1 atom stereocenters. The van der Waals surface area contributed by atoms with Gasteiger partial charge < -0.3 is 10.2 Å². The molecule has 0 aliphatic heterocycles. The molecule has 0 radical (unpaired) electrons. The number of carbonyl (C=O) groups excluding carboxylic acids is 1. The molecule has 0 amide bonds. The van der Waals surface area contributed by atoms with Gasteiger partial charge >= 0.3 is 0 Å². The minimum Gasteiger partial charge on any atom is -0.388 e. The van der Waals surface area contributed by atoms with E-state index in [1.807, 2.05) is 24.3 Å². The highest BCUT2D eigenvalue weighted by molar-refractivity contribution is 5.88. The Labute approximate surface area is 88.4 Å². The maximum Gasteiger partial charge on any atom is 0.189 e. The van der Waals surface area contributed by atoms with Gasteiger partial charge in [0.25, 0.3) is 0 Å². The van der Waals surface area contributed by atoms with Gasteiger partial charge in [-0.05, 0) is 24.0 Å². The molecule has 0 aromatic heterocycles. The summed E-state index contributed by atoms with van der Waals surface area (Å²) in [4.78, 5) is 11.4. The average Bonchev–Trinajstić information content (AvgIpc) is 2.27. The number of aliphatic hydroxyl groups excluding tert-OH is 1. The zero-order valence-electron chi connectivity index (χ0n) is 8.44. The number of hydrogen-bond donors (Lipinski definition) is 2. The Bertz CT molecular complexity index is 386. The Morgan fingerprint density at radius 1 is 1.33 bits per heavy atom. The molecule has 15 heavy (non-hydrogen) atoms. The van der Waals surface area contributed by atoms with Gasteiger partial charge in [-0.25, -0.2) is 0 Å². The van der Waals surface area contributed by atoms with Crippen molar-refractivity contribution in [2.45, 2.75) is 24.9 Å². The summed E-state index contributed by atoms with van der Waals surface area (Å²) in [7, 11) is 0. The van der Waals surface area contributed by atoms with E-state index in [9.17, 15) is 9.90 Å². The molecular formula is C12H14O3. The summed E-state index contributed by atoms with van der Waals surface area (Å²) < 4.78 is 0. The minimum absolute atomic E-state index is 0.322. The summed E-state index contributed by atoms with van der Waals surface area (Å²) in [5.74, 6) is -0.475. The van der Waals surface area contributed by atoms with Crippen LogP contribution < -0.4 is 0 Å². The number of aryl methyl sites for hydroxylation is 1. The molecule has 2 N–H and O–H groups in total. The highest BCUT2D eigenvalue weighted by atomic mass is 16.3. The summed E-state index contributed by atoms with van der Waals surface area (Å²) in [5.41, 5.74) is 0.837. The van der Waals surface area contributed by atoms with Gasteiger partial charge in [0.05, 0.1) is 0 Å². The SMILES string of the molecule is O=C(CO)C1(O)CCc2ccccc2C1. The molecule has 0 fully saturated rings. The lowest BCUT2D eigenvalue weighted by Gasteiger charge is -2.31. The largest absolute Gasteiger partial charge is 0.388 e. The standard InChI is InChI=1S/C12H14O3/c13-8-11(14)12(15)6-5-9-3-1-2-4-10(9)7-12/h1-4,13,15H,5-8H2. The number of rotatable bonds is 2. The molecule has 1 aromatic rings. The molecule has 1 aliphatic rings. The second kappa shape index (κ2) is 3.76. The van der Waals surface area contributed by atoms with Crippen molar-refractivity contribution in [3.8, 4) is 0 Å². The van der Waals surface area contributed by atoms with Crippen LogP contribution in [0.2, 0.25) is 0 Å². The van der Waals surface area contributed by atoms with Crippen LogP contribution in [0.25, 0.3) is 0 Å². The molecule has 0 bridgehead atoms. The third-order valence-electron chi connectivity index (χ3n) is 3.07. The normalized spacial score (nSPS) is 24.7. The predicted molar refractivity (Wildman–Crippen MR) is 55.5 cm³/mol. The first kappa shape index (κ1) is 10.3. The maximum atomic E-state index is 11.4. The van der Waals surface area contributed by atoms with E-state index in [2.05, 4.69) is 0 Å². The van der Waals surface area contributed by atoms with Gasteiger partial charge in [0, 0.05) is 6.42 Å². The smallest absolute Gasteiger partial charge is 0.189 e. The Kier molecular flexibility index (Phi) is 2.59. The zero-order valence-corrected chi connectivity index (χ0v) is 8.44.